The Morgan fingerprint density at radius 1 is 1.27 bits per heavy atom. The highest BCUT2D eigenvalue weighted by Crippen LogP contribution is 2.34. The van der Waals surface area contributed by atoms with Gasteiger partial charge in [-0.25, -0.2) is 9.18 Å². The number of likely N-dealkylation sites (tertiary alicyclic amines) is 1. The Hall–Kier alpha value is -2.57. The van der Waals surface area contributed by atoms with Crippen LogP contribution in [0.2, 0.25) is 0 Å². The first kappa shape index (κ1) is 16.9. The van der Waals surface area contributed by atoms with Crippen molar-refractivity contribution >= 4 is 6.03 Å². The number of ether oxygens (including phenoxy) is 1. The summed E-state index contributed by atoms with van der Waals surface area (Å²) in [4.78, 5) is 14.9. The molecule has 0 saturated carbocycles. The van der Waals surface area contributed by atoms with E-state index in [4.69, 9.17) is 4.74 Å². The number of H-pyrrole nitrogens is 1. The molecule has 0 spiro atoms. The summed E-state index contributed by atoms with van der Waals surface area (Å²) >= 11 is 0. The second kappa shape index (κ2) is 7.35. The lowest BCUT2D eigenvalue weighted by Crippen LogP contribution is -2.45. The zero-order valence-corrected chi connectivity index (χ0v) is 14.6. The van der Waals surface area contributed by atoms with E-state index >= 15 is 0 Å². The van der Waals surface area contributed by atoms with Crippen LogP contribution in [-0.2, 0) is 0 Å². The number of piperidine rings is 1. The monoisotopic (exact) mass is 358 g/mol. The molecule has 2 amide bonds. The summed E-state index contributed by atoms with van der Waals surface area (Å²) < 4.78 is 19.2. The molecule has 2 unspecified atom stereocenters. The van der Waals surface area contributed by atoms with Crippen LogP contribution in [0.1, 0.15) is 55.4 Å². The van der Waals surface area contributed by atoms with Crippen LogP contribution in [0.15, 0.2) is 30.5 Å². The number of benzene rings is 1. The van der Waals surface area contributed by atoms with Gasteiger partial charge in [0.05, 0.1) is 24.4 Å². The molecule has 0 bridgehead atoms. The van der Waals surface area contributed by atoms with Crippen LogP contribution >= 0.6 is 0 Å². The van der Waals surface area contributed by atoms with E-state index in [9.17, 15) is 9.18 Å². The van der Waals surface area contributed by atoms with E-state index in [0.29, 0.717) is 12.4 Å². The lowest BCUT2D eigenvalue weighted by Gasteiger charge is -2.36. The number of hydrogen-bond donors (Lipinski definition) is 2. The van der Waals surface area contributed by atoms with Crippen molar-refractivity contribution in [2.24, 2.45) is 0 Å². The summed E-state index contributed by atoms with van der Waals surface area (Å²) in [5.41, 5.74) is 1.80. The molecule has 2 aliphatic heterocycles. The Balaban J connectivity index is 1.54. The van der Waals surface area contributed by atoms with Gasteiger partial charge in [-0.3, -0.25) is 5.10 Å². The number of fused-ring (bicyclic) bond motifs is 1. The Morgan fingerprint density at radius 3 is 3.04 bits per heavy atom. The Bertz CT molecular complexity index is 765. The van der Waals surface area contributed by atoms with Crippen molar-refractivity contribution in [2.45, 2.75) is 44.2 Å². The fourth-order valence-electron chi connectivity index (χ4n) is 3.88. The molecule has 2 aromatic rings. The average Bonchev–Trinajstić information content (AvgIpc) is 3.12. The van der Waals surface area contributed by atoms with Gasteiger partial charge in [-0.05, 0) is 44.2 Å². The molecule has 0 radical (unpaired) electrons. The quantitative estimate of drug-likeness (QED) is 0.860. The number of nitrogens with one attached hydrogen (secondary N) is 2. The number of aromatic nitrogens is 2. The number of aromatic amines is 1. The molecule has 1 saturated heterocycles. The van der Waals surface area contributed by atoms with Crippen molar-refractivity contribution in [3.05, 3.63) is 47.5 Å². The van der Waals surface area contributed by atoms with Crippen molar-refractivity contribution in [2.75, 3.05) is 13.2 Å². The predicted molar refractivity (Wildman–Crippen MR) is 94.3 cm³/mol. The Labute approximate surface area is 151 Å². The van der Waals surface area contributed by atoms with E-state index in [1.54, 1.807) is 12.3 Å². The zero-order chi connectivity index (χ0) is 17.9. The molecule has 3 heterocycles. The topological polar surface area (TPSA) is 70.2 Å². The van der Waals surface area contributed by atoms with Crippen LogP contribution in [0.5, 0.6) is 5.75 Å². The maximum atomic E-state index is 13.5. The first-order chi connectivity index (χ1) is 12.7. The van der Waals surface area contributed by atoms with Crippen molar-refractivity contribution < 1.29 is 13.9 Å². The number of hydrogen-bond acceptors (Lipinski definition) is 3. The minimum absolute atomic E-state index is 0.0148. The van der Waals surface area contributed by atoms with Crippen LogP contribution in [0, 0.1) is 5.82 Å². The molecule has 2 N–H and O–H groups in total. The van der Waals surface area contributed by atoms with Crippen molar-refractivity contribution in [1.29, 1.82) is 0 Å². The second-order valence-corrected chi connectivity index (χ2v) is 6.89. The highest BCUT2D eigenvalue weighted by atomic mass is 19.1. The van der Waals surface area contributed by atoms with Crippen LogP contribution in [0.3, 0.4) is 0 Å². The Morgan fingerprint density at radius 2 is 2.19 bits per heavy atom. The SMILES string of the molecule is O=C(NC1CCCOc2cc(F)ccc21)N1CCCCC1c1ccn[nH]1. The number of carbonyl (C=O) groups is 1. The van der Waals surface area contributed by atoms with Gasteiger partial charge in [0, 0.05) is 24.4 Å². The number of urea groups is 1. The molecule has 4 rings (SSSR count). The van der Waals surface area contributed by atoms with Crippen LogP contribution in [0.4, 0.5) is 9.18 Å². The fraction of sp³-hybridized carbons (Fsp3) is 0.474. The summed E-state index contributed by atoms with van der Waals surface area (Å²) in [6, 6.07) is 6.20. The second-order valence-electron chi connectivity index (χ2n) is 6.89. The van der Waals surface area contributed by atoms with Gasteiger partial charge < -0.3 is 15.0 Å². The summed E-state index contributed by atoms with van der Waals surface area (Å²) in [5.74, 6) is 0.197. The molecule has 1 aromatic heterocycles. The minimum Gasteiger partial charge on any atom is -0.493 e. The van der Waals surface area contributed by atoms with Crippen LogP contribution in [0.25, 0.3) is 0 Å². The molecular formula is C19H23FN4O2. The van der Waals surface area contributed by atoms with Gasteiger partial charge in [-0.2, -0.15) is 5.10 Å². The van der Waals surface area contributed by atoms with Gasteiger partial charge in [0.2, 0.25) is 0 Å². The number of carbonyl (C=O) groups excluding carboxylic acids is 1. The number of nitrogens with zero attached hydrogens (tertiary/aromatic N) is 2. The molecule has 6 nitrogen and oxygen atoms in total. The minimum atomic E-state index is -0.328. The van der Waals surface area contributed by atoms with E-state index in [-0.39, 0.29) is 23.9 Å². The standard InChI is InChI=1S/C19H23FN4O2/c20-13-6-7-14-15(4-3-11-26-18(14)12-13)22-19(25)24-10-2-1-5-17(24)16-8-9-21-23-16/h6-9,12,15,17H,1-5,10-11H2,(H,21,23)(H,22,25). The fourth-order valence-corrected chi connectivity index (χ4v) is 3.88. The van der Waals surface area contributed by atoms with Gasteiger partial charge in [0.25, 0.3) is 0 Å². The molecule has 2 atom stereocenters. The third-order valence-electron chi connectivity index (χ3n) is 5.19. The molecule has 26 heavy (non-hydrogen) atoms. The maximum absolute atomic E-state index is 13.5. The summed E-state index contributed by atoms with van der Waals surface area (Å²) in [5, 5.41) is 10.2. The molecule has 7 heteroatoms. The molecule has 1 fully saturated rings. The average molecular weight is 358 g/mol. The third-order valence-corrected chi connectivity index (χ3v) is 5.19. The van der Waals surface area contributed by atoms with Gasteiger partial charge in [0.15, 0.2) is 0 Å². The first-order valence-electron chi connectivity index (χ1n) is 9.21. The van der Waals surface area contributed by atoms with E-state index in [0.717, 1.165) is 49.9 Å². The molecule has 0 aliphatic carbocycles. The number of amides is 2. The lowest BCUT2D eigenvalue weighted by molar-refractivity contribution is 0.146. The summed E-state index contributed by atoms with van der Waals surface area (Å²) in [6.07, 6.45) is 6.30. The highest BCUT2D eigenvalue weighted by Gasteiger charge is 2.31. The lowest BCUT2D eigenvalue weighted by atomic mass is 9.99. The zero-order valence-electron chi connectivity index (χ0n) is 14.6. The van der Waals surface area contributed by atoms with Gasteiger partial charge in [0.1, 0.15) is 11.6 Å². The van der Waals surface area contributed by atoms with E-state index in [2.05, 4.69) is 15.5 Å². The van der Waals surface area contributed by atoms with Crippen LogP contribution < -0.4 is 10.1 Å². The smallest absolute Gasteiger partial charge is 0.318 e. The van der Waals surface area contributed by atoms with E-state index in [1.165, 1.54) is 12.1 Å². The molecule has 2 aliphatic rings. The normalized spacial score (nSPS) is 22.9. The van der Waals surface area contributed by atoms with Gasteiger partial charge in [-0.1, -0.05) is 6.07 Å². The van der Waals surface area contributed by atoms with Gasteiger partial charge in [-0.15, -0.1) is 0 Å². The van der Waals surface area contributed by atoms with Gasteiger partial charge >= 0.3 is 6.03 Å². The first-order valence-corrected chi connectivity index (χ1v) is 9.21. The summed E-state index contributed by atoms with van der Waals surface area (Å²) in [7, 11) is 0. The highest BCUT2D eigenvalue weighted by molar-refractivity contribution is 5.75. The van der Waals surface area contributed by atoms with Crippen LogP contribution in [-0.4, -0.2) is 34.3 Å². The summed E-state index contributed by atoms with van der Waals surface area (Å²) in [6.45, 7) is 1.25. The third kappa shape index (κ3) is 3.38. The van der Waals surface area contributed by atoms with Crippen molar-refractivity contribution in [3.63, 3.8) is 0 Å². The molecule has 1 aromatic carbocycles. The number of halogens is 1. The van der Waals surface area contributed by atoms with E-state index < -0.39 is 0 Å². The van der Waals surface area contributed by atoms with Crippen molar-refractivity contribution in [1.82, 2.24) is 20.4 Å². The van der Waals surface area contributed by atoms with E-state index in [1.807, 2.05) is 11.0 Å². The predicted octanol–water partition coefficient (Wildman–Crippen LogP) is 3.70. The molecular weight excluding hydrogens is 335 g/mol. The number of rotatable bonds is 2. The van der Waals surface area contributed by atoms with Crippen molar-refractivity contribution in [3.8, 4) is 5.75 Å². The Kier molecular flexibility index (Phi) is 4.77. The molecule has 138 valence electrons. The maximum Gasteiger partial charge on any atom is 0.318 e. The largest absolute Gasteiger partial charge is 0.493 e.